The maximum Gasteiger partial charge on any atom is 0.142 e. The van der Waals surface area contributed by atoms with Crippen LogP contribution in [-0.4, -0.2) is 5.11 Å². The Labute approximate surface area is 111 Å². The molecule has 94 valence electrons. The van der Waals surface area contributed by atoms with Crippen LogP contribution in [0.15, 0.2) is 42.5 Å². The molecule has 0 aliphatic rings. The Kier molecular flexibility index (Phi) is 4.00. The first-order valence-corrected chi connectivity index (χ1v) is 6.14. The Morgan fingerprint density at radius 1 is 1.17 bits per heavy atom. The lowest BCUT2D eigenvalue weighted by atomic mass is 9.98. The third-order valence-electron chi connectivity index (χ3n) is 2.99. The first kappa shape index (κ1) is 13.1. The highest BCUT2D eigenvalue weighted by molar-refractivity contribution is 6.31. The Hall–Kier alpha value is -1.38. The molecule has 2 aromatic rings. The minimum atomic E-state index is -0.675. The Bertz CT molecular complexity index is 554. The van der Waals surface area contributed by atoms with Crippen molar-refractivity contribution in [2.24, 2.45) is 0 Å². The van der Waals surface area contributed by atoms with Gasteiger partial charge < -0.3 is 5.11 Å². The van der Waals surface area contributed by atoms with E-state index in [4.69, 9.17) is 11.6 Å². The zero-order valence-electron chi connectivity index (χ0n) is 10.0. The van der Waals surface area contributed by atoms with Gasteiger partial charge in [0.2, 0.25) is 0 Å². The van der Waals surface area contributed by atoms with Crippen molar-refractivity contribution in [3.63, 3.8) is 0 Å². The quantitative estimate of drug-likeness (QED) is 0.886. The highest BCUT2D eigenvalue weighted by Gasteiger charge is 2.14. The number of aryl methyl sites for hydroxylation is 1. The van der Waals surface area contributed by atoms with Crippen molar-refractivity contribution >= 4 is 11.6 Å². The molecule has 1 unspecified atom stereocenters. The second-order valence-corrected chi connectivity index (χ2v) is 4.67. The number of hydrogen-bond acceptors (Lipinski definition) is 1. The van der Waals surface area contributed by atoms with E-state index in [9.17, 15) is 9.50 Å². The van der Waals surface area contributed by atoms with Crippen LogP contribution in [0, 0.1) is 12.7 Å². The fourth-order valence-corrected chi connectivity index (χ4v) is 2.19. The summed E-state index contributed by atoms with van der Waals surface area (Å²) in [4.78, 5) is 0. The average Bonchev–Trinajstić information content (AvgIpc) is 2.35. The van der Waals surface area contributed by atoms with Gasteiger partial charge in [0, 0.05) is 6.42 Å². The van der Waals surface area contributed by atoms with Crippen molar-refractivity contribution in [1.82, 2.24) is 0 Å². The van der Waals surface area contributed by atoms with Crippen LogP contribution in [0.25, 0.3) is 0 Å². The fourth-order valence-electron chi connectivity index (χ4n) is 1.99. The standard InChI is InChI=1S/C15H14ClFO/c1-10-5-2-3-7-12(10)14(18)9-11-6-4-8-13(17)15(11)16/h2-8,14,18H,9H2,1H3. The van der Waals surface area contributed by atoms with Gasteiger partial charge in [-0.05, 0) is 29.7 Å². The molecule has 0 aromatic heterocycles. The first-order valence-electron chi connectivity index (χ1n) is 5.76. The lowest BCUT2D eigenvalue weighted by Crippen LogP contribution is -2.04. The van der Waals surface area contributed by atoms with Crippen molar-refractivity contribution in [3.8, 4) is 0 Å². The van der Waals surface area contributed by atoms with Crippen LogP contribution < -0.4 is 0 Å². The fraction of sp³-hybridized carbons (Fsp3) is 0.200. The molecule has 0 aliphatic heterocycles. The summed E-state index contributed by atoms with van der Waals surface area (Å²) < 4.78 is 13.3. The predicted molar refractivity (Wildman–Crippen MR) is 71.3 cm³/mol. The molecular weight excluding hydrogens is 251 g/mol. The van der Waals surface area contributed by atoms with Gasteiger partial charge in [-0.2, -0.15) is 0 Å². The molecule has 0 aliphatic carbocycles. The number of rotatable bonds is 3. The van der Waals surface area contributed by atoms with Gasteiger partial charge in [0.25, 0.3) is 0 Å². The molecule has 1 atom stereocenters. The van der Waals surface area contributed by atoms with Crippen LogP contribution in [0.4, 0.5) is 4.39 Å². The van der Waals surface area contributed by atoms with Crippen molar-refractivity contribution in [3.05, 3.63) is 70.0 Å². The van der Waals surface area contributed by atoms with Crippen molar-refractivity contribution < 1.29 is 9.50 Å². The second kappa shape index (κ2) is 5.51. The van der Waals surface area contributed by atoms with E-state index in [1.165, 1.54) is 6.07 Å². The van der Waals surface area contributed by atoms with E-state index in [1.54, 1.807) is 12.1 Å². The molecule has 0 bridgehead atoms. The molecule has 3 heteroatoms. The molecule has 0 saturated carbocycles. The normalized spacial score (nSPS) is 12.4. The smallest absolute Gasteiger partial charge is 0.142 e. The van der Waals surface area contributed by atoms with Crippen molar-refractivity contribution in [2.45, 2.75) is 19.4 Å². The summed E-state index contributed by atoms with van der Waals surface area (Å²) in [6.45, 7) is 1.94. The lowest BCUT2D eigenvalue weighted by Gasteiger charge is -2.14. The molecule has 0 amide bonds. The Balaban J connectivity index is 2.24. The summed E-state index contributed by atoms with van der Waals surface area (Å²) >= 11 is 5.88. The second-order valence-electron chi connectivity index (χ2n) is 4.29. The Morgan fingerprint density at radius 2 is 1.89 bits per heavy atom. The summed E-state index contributed by atoms with van der Waals surface area (Å²) in [6, 6.07) is 12.2. The molecule has 1 nitrogen and oxygen atoms in total. The SMILES string of the molecule is Cc1ccccc1C(O)Cc1cccc(F)c1Cl. The van der Waals surface area contributed by atoms with Gasteiger partial charge >= 0.3 is 0 Å². The monoisotopic (exact) mass is 264 g/mol. The number of aliphatic hydroxyl groups is 1. The minimum Gasteiger partial charge on any atom is -0.388 e. The van der Waals surface area contributed by atoms with Gasteiger partial charge in [-0.3, -0.25) is 0 Å². The number of hydrogen-bond donors (Lipinski definition) is 1. The number of benzene rings is 2. The zero-order chi connectivity index (χ0) is 13.1. The maximum absolute atomic E-state index is 13.3. The van der Waals surface area contributed by atoms with Gasteiger partial charge in [0.1, 0.15) is 5.82 Å². The van der Waals surface area contributed by atoms with Crippen LogP contribution in [0.1, 0.15) is 22.8 Å². The van der Waals surface area contributed by atoms with E-state index in [-0.39, 0.29) is 5.02 Å². The van der Waals surface area contributed by atoms with Gasteiger partial charge in [-0.15, -0.1) is 0 Å². The molecule has 2 rings (SSSR count). The van der Waals surface area contributed by atoms with Gasteiger partial charge in [-0.1, -0.05) is 48.0 Å². The van der Waals surface area contributed by atoms with E-state index in [2.05, 4.69) is 0 Å². The molecular formula is C15H14ClFO. The zero-order valence-corrected chi connectivity index (χ0v) is 10.8. The van der Waals surface area contributed by atoms with E-state index < -0.39 is 11.9 Å². The predicted octanol–water partition coefficient (Wildman–Crippen LogP) is 4.06. The average molecular weight is 265 g/mol. The van der Waals surface area contributed by atoms with Crippen LogP contribution in [-0.2, 0) is 6.42 Å². The van der Waals surface area contributed by atoms with Crippen molar-refractivity contribution in [2.75, 3.05) is 0 Å². The Morgan fingerprint density at radius 3 is 2.61 bits per heavy atom. The van der Waals surface area contributed by atoms with E-state index in [0.29, 0.717) is 12.0 Å². The lowest BCUT2D eigenvalue weighted by molar-refractivity contribution is 0.177. The first-order chi connectivity index (χ1) is 8.59. The van der Waals surface area contributed by atoms with Crippen LogP contribution in [0.2, 0.25) is 5.02 Å². The number of halogens is 2. The third kappa shape index (κ3) is 2.71. The molecule has 0 spiro atoms. The maximum atomic E-state index is 13.3. The molecule has 18 heavy (non-hydrogen) atoms. The summed E-state index contributed by atoms with van der Waals surface area (Å²) in [5, 5.41) is 10.3. The molecule has 0 fully saturated rings. The van der Waals surface area contributed by atoms with Gasteiger partial charge in [0.05, 0.1) is 11.1 Å². The summed E-state index contributed by atoms with van der Waals surface area (Å²) in [5.74, 6) is -0.453. The molecule has 1 N–H and O–H groups in total. The summed E-state index contributed by atoms with van der Waals surface area (Å²) in [6.07, 6.45) is -0.368. The van der Waals surface area contributed by atoms with Gasteiger partial charge in [-0.25, -0.2) is 4.39 Å². The van der Waals surface area contributed by atoms with Crippen LogP contribution >= 0.6 is 11.6 Å². The third-order valence-corrected chi connectivity index (χ3v) is 3.42. The molecule has 0 saturated heterocycles. The van der Waals surface area contributed by atoms with Crippen LogP contribution in [0.3, 0.4) is 0 Å². The topological polar surface area (TPSA) is 20.2 Å². The summed E-state index contributed by atoms with van der Waals surface area (Å²) in [7, 11) is 0. The largest absolute Gasteiger partial charge is 0.388 e. The highest BCUT2D eigenvalue weighted by atomic mass is 35.5. The van der Waals surface area contributed by atoms with Crippen LogP contribution in [0.5, 0.6) is 0 Å². The van der Waals surface area contributed by atoms with E-state index in [1.807, 2.05) is 31.2 Å². The minimum absolute atomic E-state index is 0.0881. The molecule has 0 heterocycles. The van der Waals surface area contributed by atoms with Gasteiger partial charge in [0.15, 0.2) is 0 Å². The molecule has 0 radical (unpaired) electrons. The summed E-state index contributed by atoms with van der Waals surface area (Å²) in [5.41, 5.74) is 2.47. The van der Waals surface area contributed by atoms with E-state index in [0.717, 1.165) is 11.1 Å². The van der Waals surface area contributed by atoms with E-state index >= 15 is 0 Å². The van der Waals surface area contributed by atoms with Crippen molar-refractivity contribution in [1.29, 1.82) is 0 Å². The molecule has 2 aromatic carbocycles. The highest BCUT2D eigenvalue weighted by Crippen LogP contribution is 2.26. The number of aliphatic hydroxyl groups excluding tert-OH is 1.